The zero-order valence-electron chi connectivity index (χ0n) is 14.9. The van der Waals surface area contributed by atoms with E-state index in [0.717, 1.165) is 44.3 Å². The molecule has 1 saturated heterocycles. The van der Waals surface area contributed by atoms with Gasteiger partial charge in [0.05, 0.1) is 37.9 Å². The van der Waals surface area contributed by atoms with Crippen molar-refractivity contribution in [2.45, 2.75) is 56.7 Å². The van der Waals surface area contributed by atoms with Gasteiger partial charge in [-0.05, 0) is 18.4 Å². The lowest BCUT2D eigenvalue weighted by Gasteiger charge is -2.47. The van der Waals surface area contributed by atoms with Crippen LogP contribution in [0.3, 0.4) is 0 Å². The molecule has 25 heavy (non-hydrogen) atoms. The molecule has 0 unspecified atom stereocenters. The first-order chi connectivity index (χ1) is 12.0. The molecule has 1 aliphatic carbocycles. The molecule has 136 valence electrons. The Kier molecular flexibility index (Phi) is 5.08. The van der Waals surface area contributed by atoms with Gasteiger partial charge in [0, 0.05) is 12.8 Å². The van der Waals surface area contributed by atoms with Crippen LogP contribution in [0.1, 0.15) is 44.1 Å². The first-order valence-electron chi connectivity index (χ1n) is 9.30. The summed E-state index contributed by atoms with van der Waals surface area (Å²) in [5, 5.41) is 15.3. The molecule has 0 aromatic heterocycles. The molecule has 0 radical (unpaired) electrons. The molecule has 1 aliphatic heterocycles. The fourth-order valence-corrected chi connectivity index (χ4v) is 4.84. The van der Waals surface area contributed by atoms with Crippen LogP contribution < -0.4 is 5.32 Å². The Morgan fingerprint density at radius 2 is 1.92 bits per heavy atom. The average Bonchev–Trinajstić information content (AvgIpc) is 3.04. The average molecular weight is 346 g/mol. The van der Waals surface area contributed by atoms with Gasteiger partial charge in [-0.3, -0.25) is 19.4 Å². The van der Waals surface area contributed by atoms with Gasteiger partial charge in [0.2, 0.25) is 5.91 Å². The Bertz CT molecular complexity index is 628. The van der Waals surface area contributed by atoms with Crippen LogP contribution in [0.25, 0.3) is 0 Å². The SMILES string of the molecule is C[N+]1([C@]2([N+](=O)[O-])CCCC[C@H]2NC(=O)Cc2ccccc2)CCCC1. The molecule has 1 aromatic rings. The number of nitrogens with one attached hydrogen (secondary N) is 1. The summed E-state index contributed by atoms with van der Waals surface area (Å²) in [5.41, 5.74) is -0.148. The summed E-state index contributed by atoms with van der Waals surface area (Å²) in [6.45, 7) is 1.65. The summed E-state index contributed by atoms with van der Waals surface area (Å²) in [5.74, 6) is -0.116. The summed E-state index contributed by atoms with van der Waals surface area (Å²) >= 11 is 0. The van der Waals surface area contributed by atoms with Crippen molar-refractivity contribution >= 4 is 5.91 Å². The highest BCUT2D eigenvalue weighted by atomic mass is 16.6. The van der Waals surface area contributed by atoms with E-state index in [4.69, 9.17) is 0 Å². The van der Waals surface area contributed by atoms with Crippen molar-refractivity contribution in [3.05, 3.63) is 46.0 Å². The maximum atomic E-state index is 12.6. The first kappa shape index (κ1) is 17.9. The van der Waals surface area contributed by atoms with E-state index in [-0.39, 0.29) is 17.3 Å². The van der Waals surface area contributed by atoms with E-state index in [1.807, 2.05) is 37.4 Å². The quantitative estimate of drug-likeness (QED) is 0.506. The van der Waals surface area contributed by atoms with E-state index in [0.29, 0.717) is 17.3 Å². The lowest BCUT2D eigenvalue weighted by molar-refractivity contribution is -1.04. The first-order valence-corrected chi connectivity index (χ1v) is 9.30. The maximum Gasteiger partial charge on any atom is 0.364 e. The highest BCUT2D eigenvalue weighted by Gasteiger charge is 2.66. The van der Waals surface area contributed by atoms with E-state index >= 15 is 0 Å². The molecule has 2 atom stereocenters. The number of benzene rings is 1. The highest BCUT2D eigenvalue weighted by molar-refractivity contribution is 5.79. The number of amides is 1. The van der Waals surface area contributed by atoms with Gasteiger partial charge in [-0.1, -0.05) is 36.8 Å². The zero-order valence-corrected chi connectivity index (χ0v) is 14.9. The van der Waals surface area contributed by atoms with Crippen molar-refractivity contribution in [1.82, 2.24) is 5.32 Å². The normalized spacial score (nSPS) is 28.4. The number of hydrogen-bond donors (Lipinski definition) is 1. The highest BCUT2D eigenvalue weighted by Crippen LogP contribution is 2.41. The minimum Gasteiger partial charge on any atom is -0.340 e. The van der Waals surface area contributed by atoms with Gasteiger partial charge in [0.15, 0.2) is 6.04 Å². The number of nitro groups is 1. The number of likely N-dealkylation sites (N-methyl/N-ethyl adjacent to an activating group) is 1. The van der Waals surface area contributed by atoms with E-state index in [1.54, 1.807) is 0 Å². The largest absolute Gasteiger partial charge is 0.364 e. The molecule has 1 heterocycles. The minimum atomic E-state index is -1.08. The second kappa shape index (κ2) is 7.12. The molecule has 2 aliphatic rings. The molecular formula is C19H28N3O3+. The second-order valence-corrected chi connectivity index (χ2v) is 7.71. The fraction of sp³-hybridized carbons (Fsp3) is 0.632. The van der Waals surface area contributed by atoms with E-state index in [9.17, 15) is 14.9 Å². The van der Waals surface area contributed by atoms with Crippen molar-refractivity contribution in [3.8, 4) is 0 Å². The minimum absolute atomic E-state index is 0.0784. The summed E-state index contributed by atoms with van der Waals surface area (Å²) in [4.78, 5) is 24.7. The van der Waals surface area contributed by atoms with Gasteiger partial charge in [-0.25, -0.2) is 0 Å². The Balaban J connectivity index is 1.81. The number of nitrogens with zero attached hydrogens (tertiary/aromatic N) is 2. The molecule has 2 fully saturated rings. The Morgan fingerprint density at radius 3 is 2.56 bits per heavy atom. The number of rotatable bonds is 5. The van der Waals surface area contributed by atoms with Crippen molar-refractivity contribution in [2.75, 3.05) is 20.1 Å². The molecule has 1 saturated carbocycles. The third kappa shape index (κ3) is 3.27. The zero-order chi connectivity index (χ0) is 17.9. The molecule has 1 amide bonds. The summed E-state index contributed by atoms with van der Waals surface area (Å²) < 4.78 is 0.455. The van der Waals surface area contributed by atoms with Gasteiger partial charge in [0.1, 0.15) is 0 Å². The Hall–Kier alpha value is -1.95. The summed E-state index contributed by atoms with van der Waals surface area (Å²) in [6, 6.07) is 9.15. The molecule has 3 rings (SSSR count). The number of likely N-dealkylation sites (tertiary alicyclic amines) is 1. The molecule has 1 aromatic carbocycles. The van der Waals surface area contributed by atoms with Gasteiger partial charge >= 0.3 is 5.66 Å². The standard InChI is InChI=1S/C19H27N3O3/c1-22(13-7-8-14-22)19(21(24)25)12-6-5-11-17(19)20-18(23)15-16-9-3-2-4-10-16/h2-4,9-10,17H,5-8,11-15H2,1H3/p+1/t17-,19-/m1/s1. The Labute approximate surface area is 148 Å². The van der Waals surface area contributed by atoms with Crippen LogP contribution in [-0.2, 0) is 11.2 Å². The van der Waals surface area contributed by atoms with Crippen molar-refractivity contribution in [3.63, 3.8) is 0 Å². The molecular weight excluding hydrogens is 318 g/mol. The van der Waals surface area contributed by atoms with Gasteiger partial charge in [-0.2, -0.15) is 0 Å². The monoisotopic (exact) mass is 346 g/mol. The lowest BCUT2D eigenvalue weighted by atomic mass is 9.81. The predicted molar refractivity (Wildman–Crippen MR) is 95.4 cm³/mol. The molecule has 1 N–H and O–H groups in total. The summed E-state index contributed by atoms with van der Waals surface area (Å²) in [6.07, 6.45) is 5.36. The molecule has 0 bridgehead atoms. The topological polar surface area (TPSA) is 72.2 Å². The van der Waals surface area contributed by atoms with E-state index in [1.165, 1.54) is 0 Å². The van der Waals surface area contributed by atoms with Gasteiger partial charge in [0.25, 0.3) is 0 Å². The number of hydrogen-bond acceptors (Lipinski definition) is 3. The van der Waals surface area contributed by atoms with Gasteiger partial charge in [-0.15, -0.1) is 0 Å². The second-order valence-electron chi connectivity index (χ2n) is 7.71. The van der Waals surface area contributed by atoms with Crippen LogP contribution in [0.15, 0.2) is 30.3 Å². The molecule has 0 spiro atoms. The smallest absolute Gasteiger partial charge is 0.340 e. The predicted octanol–water partition coefficient (Wildman–Crippen LogP) is 2.50. The van der Waals surface area contributed by atoms with E-state index in [2.05, 4.69) is 5.32 Å². The summed E-state index contributed by atoms with van der Waals surface area (Å²) in [7, 11) is 2.01. The van der Waals surface area contributed by atoms with Gasteiger partial charge < -0.3 is 5.32 Å². The van der Waals surface area contributed by atoms with Crippen LogP contribution in [0, 0.1) is 10.1 Å². The maximum absolute atomic E-state index is 12.6. The third-order valence-electron chi connectivity index (χ3n) is 6.19. The number of quaternary nitrogens is 1. The van der Waals surface area contributed by atoms with Crippen LogP contribution in [0.2, 0.25) is 0 Å². The number of carbonyl (C=O) groups excluding carboxylic acids is 1. The molecule has 6 heteroatoms. The van der Waals surface area contributed by atoms with Crippen LogP contribution >= 0.6 is 0 Å². The third-order valence-corrected chi connectivity index (χ3v) is 6.19. The lowest BCUT2D eigenvalue weighted by Crippen LogP contribution is -2.74. The van der Waals surface area contributed by atoms with Crippen LogP contribution in [0.5, 0.6) is 0 Å². The van der Waals surface area contributed by atoms with Crippen LogP contribution in [-0.4, -0.2) is 47.2 Å². The number of carbonyl (C=O) groups is 1. The Morgan fingerprint density at radius 1 is 1.24 bits per heavy atom. The van der Waals surface area contributed by atoms with Crippen molar-refractivity contribution in [2.24, 2.45) is 0 Å². The fourth-order valence-electron chi connectivity index (χ4n) is 4.84. The van der Waals surface area contributed by atoms with Crippen molar-refractivity contribution in [1.29, 1.82) is 0 Å². The molecule has 6 nitrogen and oxygen atoms in total. The van der Waals surface area contributed by atoms with E-state index < -0.39 is 11.7 Å². The van der Waals surface area contributed by atoms with Crippen LogP contribution in [0.4, 0.5) is 0 Å². The van der Waals surface area contributed by atoms with Crippen molar-refractivity contribution < 1.29 is 14.2 Å².